The Morgan fingerprint density at radius 1 is 1.07 bits per heavy atom. The summed E-state index contributed by atoms with van der Waals surface area (Å²) in [5.74, 6) is -6.32. The SMILES string of the molecule is C=CCCCOC1CC=C(C2C=CC(C(=O)Oc3ccc(C4CCC(C(O)CCC)CC4)c(F)c3F)CC2)C(F)=C1F. The Kier molecular flexibility index (Phi) is 11.6. The van der Waals surface area contributed by atoms with Gasteiger partial charge < -0.3 is 14.6 Å². The van der Waals surface area contributed by atoms with E-state index in [0.29, 0.717) is 38.7 Å². The number of halogens is 4. The average molecular weight is 591 g/mol. The predicted molar refractivity (Wildman–Crippen MR) is 154 cm³/mol. The van der Waals surface area contributed by atoms with Crippen LogP contribution in [0.25, 0.3) is 0 Å². The molecule has 8 heteroatoms. The second-order valence-corrected chi connectivity index (χ2v) is 11.7. The third-order valence-electron chi connectivity index (χ3n) is 8.86. The number of aliphatic hydroxyl groups excluding tert-OH is 1. The van der Waals surface area contributed by atoms with Crippen molar-refractivity contribution >= 4 is 5.97 Å². The highest BCUT2D eigenvalue weighted by molar-refractivity contribution is 5.77. The first-order valence-corrected chi connectivity index (χ1v) is 15.3. The lowest BCUT2D eigenvalue weighted by atomic mass is 9.76. The molecule has 4 atom stereocenters. The van der Waals surface area contributed by atoms with Crippen molar-refractivity contribution in [1.29, 1.82) is 0 Å². The van der Waals surface area contributed by atoms with Gasteiger partial charge in [-0.05, 0) is 93.2 Å². The van der Waals surface area contributed by atoms with Crippen LogP contribution in [0.2, 0.25) is 0 Å². The van der Waals surface area contributed by atoms with Crippen LogP contribution in [-0.4, -0.2) is 29.9 Å². The molecule has 0 saturated heterocycles. The van der Waals surface area contributed by atoms with E-state index in [1.54, 1.807) is 24.3 Å². The Morgan fingerprint density at radius 2 is 1.83 bits per heavy atom. The highest BCUT2D eigenvalue weighted by atomic mass is 19.2. The van der Waals surface area contributed by atoms with Crippen molar-refractivity contribution in [2.45, 2.75) is 95.7 Å². The van der Waals surface area contributed by atoms with E-state index in [1.165, 1.54) is 12.1 Å². The molecule has 0 heterocycles. The smallest absolute Gasteiger partial charge is 0.318 e. The standard InChI is InChI=1S/C34H42F4O4/c1-3-5-6-20-41-28-18-16-25(30(35)32(28)37)22-10-14-24(15-11-22)34(40)42-29-19-17-26(31(36)33(29)38)21-8-12-23(13-9-21)27(39)7-4-2/h3,10,14,16-17,19,21-24,27-28,39H,1,4-9,11-13,15,18,20H2,2H3. The first-order valence-electron chi connectivity index (χ1n) is 15.3. The summed E-state index contributed by atoms with van der Waals surface area (Å²) in [5, 5.41) is 10.3. The average Bonchev–Trinajstić information content (AvgIpc) is 3.00. The highest BCUT2D eigenvalue weighted by Crippen LogP contribution is 2.41. The Labute approximate surface area is 246 Å². The molecule has 0 aliphatic heterocycles. The lowest BCUT2D eigenvalue weighted by Crippen LogP contribution is -2.26. The summed E-state index contributed by atoms with van der Waals surface area (Å²) in [6, 6.07) is 2.78. The van der Waals surface area contributed by atoms with E-state index in [2.05, 4.69) is 6.58 Å². The number of carbonyl (C=O) groups excluding carboxylic acids is 1. The van der Waals surface area contributed by atoms with E-state index in [1.807, 2.05) is 6.92 Å². The summed E-state index contributed by atoms with van der Waals surface area (Å²) in [7, 11) is 0. The summed E-state index contributed by atoms with van der Waals surface area (Å²) in [5.41, 5.74) is 0.503. The number of hydrogen-bond donors (Lipinski definition) is 1. The third kappa shape index (κ3) is 7.62. The minimum atomic E-state index is -1.19. The summed E-state index contributed by atoms with van der Waals surface area (Å²) in [6.45, 7) is 5.96. The number of benzene rings is 1. The second-order valence-electron chi connectivity index (χ2n) is 11.7. The number of hydrogen-bond acceptors (Lipinski definition) is 4. The van der Waals surface area contributed by atoms with Gasteiger partial charge in [0.15, 0.2) is 23.2 Å². The van der Waals surface area contributed by atoms with E-state index < -0.39 is 52.9 Å². The number of rotatable bonds is 12. The van der Waals surface area contributed by atoms with Crippen molar-refractivity contribution in [3.8, 4) is 5.75 Å². The first-order chi connectivity index (χ1) is 20.2. The number of esters is 1. The van der Waals surface area contributed by atoms with Gasteiger partial charge in [-0.3, -0.25) is 4.79 Å². The maximum absolute atomic E-state index is 15.1. The Balaban J connectivity index is 1.32. The van der Waals surface area contributed by atoms with Crippen molar-refractivity contribution in [2.24, 2.45) is 17.8 Å². The maximum atomic E-state index is 15.1. The van der Waals surface area contributed by atoms with E-state index in [9.17, 15) is 23.1 Å². The summed E-state index contributed by atoms with van der Waals surface area (Å²) >= 11 is 0. The molecule has 42 heavy (non-hydrogen) atoms. The van der Waals surface area contributed by atoms with Gasteiger partial charge in [0.25, 0.3) is 0 Å². The van der Waals surface area contributed by atoms with Crippen molar-refractivity contribution in [1.82, 2.24) is 0 Å². The van der Waals surface area contributed by atoms with Gasteiger partial charge in [-0.2, -0.15) is 4.39 Å². The number of unbranched alkanes of at least 4 members (excludes halogenated alkanes) is 1. The minimum absolute atomic E-state index is 0.153. The molecule has 0 bridgehead atoms. The van der Waals surface area contributed by atoms with Gasteiger partial charge in [-0.15, -0.1) is 6.58 Å². The van der Waals surface area contributed by atoms with Gasteiger partial charge in [0, 0.05) is 12.5 Å². The molecule has 1 aromatic carbocycles. The molecule has 0 aromatic heterocycles. The van der Waals surface area contributed by atoms with Gasteiger partial charge in [-0.1, -0.05) is 43.7 Å². The molecular weight excluding hydrogens is 548 g/mol. The first kappa shape index (κ1) is 32.2. The largest absolute Gasteiger partial charge is 0.423 e. The fourth-order valence-corrected chi connectivity index (χ4v) is 6.36. The Hall–Kier alpha value is -2.71. The zero-order valence-electron chi connectivity index (χ0n) is 24.3. The van der Waals surface area contributed by atoms with E-state index in [4.69, 9.17) is 9.47 Å². The van der Waals surface area contributed by atoms with Gasteiger partial charge in [0.05, 0.1) is 12.0 Å². The fourth-order valence-electron chi connectivity index (χ4n) is 6.36. The van der Waals surface area contributed by atoms with Crippen LogP contribution in [0.5, 0.6) is 5.75 Å². The number of aliphatic hydroxyl groups is 1. The second kappa shape index (κ2) is 15.1. The quantitative estimate of drug-likeness (QED) is 0.0870. The topological polar surface area (TPSA) is 55.8 Å². The van der Waals surface area contributed by atoms with Gasteiger partial charge in [0.2, 0.25) is 5.82 Å². The molecule has 4 rings (SSSR count). The number of ether oxygens (including phenoxy) is 2. The van der Waals surface area contributed by atoms with Gasteiger partial charge >= 0.3 is 5.97 Å². The van der Waals surface area contributed by atoms with Crippen molar-refractivity contribution in [2.75, 3.05) is 6.61 Å². The molecule has 4 unspecified atom stereocenters. The molecule has 3 aliphatic carbocycles. The molecular formula is C34H42F4O4. The van der Waals surface area contributed by atoms with Crippen LogP contribution in [-0.2, 0) is 9.53 Å². The van der Waals surface area contributed by atoms with Gasteiger partial charge in [0.1, 0.15) is 6.10 Å². The van der Waals surface area contributed by atoms with Crippen molar-refractivity contribution < 1.29 is 36.9 Å². The third-order valence-corrected chi connectivity index (χ3v) is 8.86. The van der Waals surface area contributed by atoms with Crippen LogP contribution in [0.4, 0.5) is 17.6 Å². The van der Waals surface area contributed by atoms with E-state index in [-0.39, 0.29) is 35.5 Å². The summed E-state index contributed by atoms with van der Waals surface area (Å²) in [4.78, 5) is 12.8. The molecule has 1 aromatic rings. The Morgan fingerprint density at radius 3 is 2.50 bits per heavy atom. The van der Waals surface area contributed by atoms with E-state index >= 15 is 4.39 Å². The molecule has 0 radical (unpaired) electrons. The van der Waals surface area contributed by atoms with Gasteiger partial charge in [-0.25, -0.2) is 13.2 Å². The molecule has 1 N–H and O–H groups in total. The van der Waals surface area contributed by atoms with Crippen molar-refractivity contribution in [3.05, 3.63) is 77.4 Å². The predicted octanol–water partition coefficient (Wildman–Crippen LogP) is 8.72. The minimum Gasteiger partial charge on any atom is -0.423 e. The zero-order chi connectivity index (χ0) is 30.2. The lowest BCUT2D eigenvalue weighted by molar-refractivity contribution is -0.137. The number of allylic oxidation sites excluding steroid dienone is 4. The zero-order valence-corrected chi connectivity index (χ0v) is 24.3. The number of carbonyl (C=O) groups is 1. The molecule has 0 amide bonds. The van der Waals surface area contributed by atoms with Crippen LogP contribution in [0, 0.1) is 29.4 Å². The van der Waals surface area contributed by atoms with Crippen LogP contribution in [0.3, 0.4) is 0 Å². The Bertz CT molecular complexity index is 1200. The lowest BCUT2D eigenvalue weighted by Gasteiger charge is -2.32. The molecule has 230 valence electrons. The summed E-state index contributed by atoms with van der Waals surface area (Å²) in [6.07, 6.45) is 12.1. The molecule has 0 spiro atoms. The highest BCUT2D eigenvalue weighted by Gasteiger charge is 2.33. The normalized spacial score (nSPS) is 27.0. The molecule has 1 fully saturated rings. The molecule has 1 saturated carbocycles. The molecule has 4 nitrogen and oxygen atoms in total. The van der Waals surface area contributed by atoms with Crippen molar-refractivity contribution in [3.63, 3.8) is 0 Å². The van der Waals surface area contributed by atoms with Crippen LogP contribution in [0.1, 0.15) is 89.0 Å². The van der Waals surface area contributed by atoms with Crippen LogP contribution < -0.4 is 4.74 Å². The van der Waals surface area contributed by atoms with E-state index in [0.717, 1.165) is 32.1 Å². The monoisotopic (exact) mass is 590 g/mol. The maximum Gasteiger partial charge on any atom is 0.318 e. The van der Waals surface area contributed by atoms with Crippen LogP contribution in [0.15, 0.2) is 60.2 Å². The van der Waals surface area contributed by atoms with Crippen LogP contribution >= 0.6 is 0 Å². The fraction of sp³-hybridized carbons (Fsp3) is 0.559. The summed E-state index contributed by atoms with van der Waals surface area (Å²) < 4.78 is 70.2. The molecule has 3 aliphatic rings.